The van der Waals surface area contributed by atoms with E-state index in [0.717, 1.165) is 12.1 Å². The summed E-state index contributed by atoms with van der Waals surface area (Å²) in [7, 11) is 3.36. The van der Waals surface area contributed by atoms with Gasteiger partial charge in [-0.3, -0.25) is 14.3 Å². The van der Waals surface area contributed by atoms with Crippen molar-refractivity contribution in [3.63, 3.8) is 0 Å². The molecule has 1 aromatic heterocycles. The van der Waals surface area contributed by atoms with E-state index < -0.39 is 23.8 Å². The van der Waals surface area contributed by atoms with E-state index in [4.69, 9.17) is 0 Å². The lowest BCUT2D eigenvalue weighted by molar-refractivity contribution is -0.137. The minimum Gasteiger partial charge on any atom is -0.349 e. The number of hydrogen-bond acceptors (Lipinski definition) is 4. The van der Waals surface area contributed by atoms with Crippen LogP contribution in [-0.2, 0) is 22.8 Å². The summed E-state index contributed by atoms with van der Waals surface area (Å²) in [5.41, 5.74) is 0.00710. The number of aryl methyl sites for hydroxylation is 1. The van der Waals surface area contributed by atoms with Gasteiger partial charge in [-0.15, -0.1) is 0 Å². The van der Waals surface area contributed by atoms with Crippen LogP contribution in [0.3, 0.4) is 0 Å². The van der Waals surface area contributed by atoms with Crippen LogP contribution < -0.4 is 15.5 Å². The van der Waals surface area contributed by atoms with E-state index in [1.165, 1.54) is 17.0 Å². The zero-order chi connectivity index (χ0) is 20.5. The van der Waals surface area contributed by atoms with Gasteiger partial charge in [0.15, 0.2) is 0 Å². The van der Waals surface area contributed by atoms with Gasteiger partial charge >= 0.3 is 6.18 Å². The summed E-state index contributed by atoms with van der Waals surface area (Å²) < 4.78 is 40.3. The molecule has 2 atom stereocenters. The van der Waals surface area contributed by atoms with Crippen molar-refractivity contribution in [3.8, 4) is 0 Å². The summed E-state index contributed by atoms with van der Waals surface area (Å²) in [6.07, 6.45) is -1.20. The standard InChI is InChI=1S/C18H20F3N5O2/c1-22-16(11-8-23-25(2)9-11)17(28)24-13-7-15(27)26(10-13)14-5-3-4-12(6-14)18(19,20)21/h3-6,8-9,13,16,22H,7,10H2,1-2H3,(H,24,28). The fraction of sp³-hybridized carbons (Fsp3) is 0.389. The van der Waals surface area contributed by atoms with Crippen molar-refractivity contribution in [3.05, 3.63) is 47.8 Å². The second-order valence-corrected chi connectivity index (χ2v) is 6.63. The van der Waals surface area contributed by atoms with Crippen LogP contribution in [0.5, 0.6) is 0 Å². The molecule has 2 aromatic rings. The second-order valence-electron chi connectivity index (χ2n) is 6.63. The Morgan fingerprint density at radius 1 is 1.36 bits per heavy atom. The van der Waals surface area contributed by atoms with Gasteiger partial charge in [0, 0.05) is 37.5 Å². The minimum atomic E-state index is -4.49. The van der Waals surface area contributed by atoms with Crippen LogP contribution in [0.25, 0.3) is 0 Å². The molecule has 3 rings (SSSR count). The predicted molar refractivity (Wildman–Crippen MR) is 95.4 cm³/mol. The third kappa shape index (κ3) is 4.16. The Morgan fingerprint density at radius 2 is 2.11 bits per heavy atom. The first-order chi connectivity index (χ1) is 13.2. The molecule has 2 unspecified atom stereocenters. The largest absolute Gasteiger partial charge is 0.416 e. The smallest absolute Gasteiger partial charge is 0.349 e. The van der Waals surface area contributed by atoms with Crippen LogP contribution in [0.2, 0.25) is 0 Å². The van der Waals surface area contributed by atoms with Gasteiger partial charge in [0.1, 0.15) is 6.04 Å². The van der Waals surface area contributed by atoms with E-state index >= 15 is 0 Å². The Morgan fingerprint density at radius 3 is 2.71 bits per heavy atom. The van der Waals surface area contributed by atoms with Crippen molar-refractivity contribution in [2.24, 2.45) is 7.05 Å². The minimum absolute atomic E-state index is 0.0193. The van der Waals surface area contributed by atoms with Crippen LogP contribution in [0.1, 0.15) is 23.6 Å². The number of anilines is 1. The molecule has 1 aliphatic rings. The number of benzene rings is 1. The van der Waals surface area contributed by atoms with Crippen LogP contribution >= 0.6 is 0 Å². The molecule has 0 spiro atoms. The first-order valence-electron chi connectivity index (χ1n) is 8.63. The Kier molecular flexibility index (Phi) is 5.41. The van der Waals surface area contributed by atoms with Crippen LogP contribution in [0, 0.1) is 0 Å². The Labute approximate surface area is 159 Å². The van der Waals surface area contributed by atoms with Crippen LogP contribution in [0.4, 0.5) is 18.9 Å². The fourth-order valence-corrected chi connectivity index (χ4v) is 3.23. The zero-order valence-corrected chi connectivity index (χ0v) is 15.3. The highest BCUT2D eigenvalue weighted by Crippen LogP contribution is 2.32. The van der Waals surface area contributed by atoms with Gasteiger partial charge in [0.2, 0.25) is 11.8 Å². The monoisotopic (exact) mass is 395 g/mol. The lowest BCUT2D eigenvalue weighted by Gasteiger charge is -2.20. The number of halogens is 3. The number of amides is 2. The summed E-state index contributed by atoms with van der Waals surface area (Å²) in [5, 5.41) is 9.72. The van der Waals surface area contributed by atoms with E-state index in [1.807, 2.05) is 0 Å². The van der Waals surface area contributed by atoms with Gasteiger partial charge < -0.3 is 15.5 Å². The maximum Gasteiger partial charge on any atom is 0.416 e. The summed E-state index contributed by atoms with van der Waals surface area (Å²) in [5.74, 6) is -0.675. The maximum absolute atomic E-state index is 12.9. The van der Waals surface area contributed by atoms with Crippen LogP contribution in [-0.4, -0.2) is 41.2 Å². The number of hydrogen-bond donors (Lipinski definition) is 2. The Hall–Kier alpha value is -2.88. The molecule has 0 saturated carbocycles. The number of alkyl halides is 3. The molecule has 0 bridgehead atoms. The highest BCUT2D eigenvalue weighted by molar-refractivity contribution is 5.97. The number of likely N-dealkylation sites (N-methyl/N-ethyl adjacent to an activating group) is 1. The number of carbonyl (C=O) groups excluding carboxylic acids is 2. The van der Waals surface area contributed by atoms with E-state index in [0.29, 0.717) is 5.56 Å². The predicted octanol–water partition coefficient (Wildman–Crippen LogP) is 1.62. The van der Waals surface area contributed by atoms with Gasteiger partial charge in [-0.25, -0.2) is 0 Å². The molecule has 1 aromatic carbocycles. The molecule has 1 saturated heterocycles. The highest BCUT2D eigenvalue weighted by atomic mass is 19.4. The first kappa shape index (κ1) is 19.9. The molecule has 2 heterocycles. The number of nitrogens with zero attached hydrogens (tertiary/aromatic N) is 3. The molecular formula is C18H20F3N5O2. The van der Waals surface area contributed by atoms with E-state index in [-0.39, 0.29) is 30.5 Å². The number of aromatic nitrogens is 2. The molecule has 0 aliphatic carbocycles. The highest BCUT2D eigenvalue weighted by Gasteiger charge is 2.35. The number of nitrogens with one attached hydrogen (secondary N) is 2. The normalized spacial score (nSPS) is 18.4. The third-order valence-electron chi connectivity index (χ3n) is 4.57. The van der Waals surface area contributed by atoms with Gasteiger partial charge in [-0.1, -0.05) is 6.07 Å². The molecule has 150 valence electrons. The molecular weight excluding hydrogens is 375 g/mol. The van der Waals surface area contributed by atoms with Gasteiger partial charge in [-0.2, -0.15) is 18.3 Å². The topological polar surface area (TPSA) is 79.3 Å². The summed E-state index contributed by atoms with van der Waals surface area (Å²) in [6.45, 7) is 0.107. The molecule has 2 N–H and O–H groups in total. The number of rotatable bonds is 5. The summed E-state index contributed by atoms with van der Waals surface area (Å²) in [4.78, 5) is 26.2. The average Bonchev–Trinajstić information content (AvgIpc) is 3.20. The molecule has 10 heteroatoms. The molecule has 1 fully saturated rings. The average molecular weight is 395 g/mol. The van der Waals surface area contributed by atoms with Gasteiger partial charge in [0.05, 0.1) is 17.8 Å². The molecule has 2 amide bonds. The van der Waals surface area contributed by atoms with E-state index in [1.54, 1.807) is 31.2 Å². The van der Waals surface area contributed by atoms with Gasteiger partial charge in [0.25, 0.3) is 0 Å². The molecule has 28 heavy (non-hydrogen) atoms. The summed E-state index contributed by atoms with van der Waals surface area (Å²) in [6, 6.07) is 3.46. The van der Waals surface area contributed by atoms with Crippen molar-refractivity contribution in [2.75, 3.05) is 18.5 Å². The molecule has 7 nitrogen and oxygen atoms in total. The van der Waals surface area contributed by atoms with Crippen molar-refractivity contribution >= 4 is 17.5 Å². The van der Waals surface area contributed by atoms with Crippen molar-refractivity contribution < 1.29 is 22.8 Å². The van der Waals surface area contributed by atoms with Crippen molar-refractivity contribution in [1.29, 1.82) is 0 Å². The quantitative estimate of drug-likeness (QED) is 0.807. The SMILES string of the molecule is CNC(C(=O)NC1CC(=O)N(c2cccc(C(F)(F)F)c2)C1)c1cnn(C)c1. The zero-order valence-electron chi connectivity index (χ0n) is 15.3. The Balaban J connectivity index is 1.70. The molecule has 1 aliphatic heterocycles. The maximum atomic E-state index is 12.9. The number of carbonyl (C=O) groups is 2. The van der Waals surface area contributed by atoms with E-state index in [2.05, 4.69) is 15.7 Å². The third-order valence-corrected chi connectivity index (χ3v) is 4.57. The van der Waals surface area contributed by atoms with Gasteiger partial charge in [-0.05, 0) is 25.2 Å². The first-order valence-corrected chi connectivity index (χ1v) is 8.63. The second kappa shape index (κ2) is 7.63. The Bertz CT molecular complexity index is 880. The van der Waals surface area contributed by atoms with Crippen LogP contribution in [0.15, 0.2) is 36.7 Å². The molecule has 0 radical (unpaired) electrons. The lowest BCUT2D eigenvalue weighted by Crippen LogP contribution is -2.43. The van der Waals surface area contributed by atoms with E-state index in [9.17, 15) is 22.8 Å². The fourth-order valence-electron chi connectivity index (χ4n) is 3.23. The van der Waals surface area contributed by atoms with Crippen molar-refractivity contribution in [1.82, 2.24) is 20.4 Å². The lowest BCUT2D eigenvalue weighted by atomic mass is 10.1. The summed E-state index contributed by atoms with van der Waals surface area (Å²) >= 11 is 0. The van der Waals surface area contributed by atoms with Crippen molar-refractivity contribution in [2.45, 2.75) is 24.7 Å².